The third-order valence-electron chi connectivity index (χ3n) is 4.41. The summed E-state index contributed by atoms with van der Waals surface area (Å²) < 4.78 is 5.20. The van der Waals surface area contributed by atoms with E-state index in [2.05, 4.69) is 20.8 Å². The summed E-state index contributed by atoms with van der Waals surface area (Å²) in [6.07, 6.45) is 2.60. The molecule has 2 N–H and O–H groups in total. The summed E-state index contributed by atoms with van der Waals surface area (Å²) in [5.41, 5.74) is 1.69. The minimum atomic E-state index is -0.0942. The van der Waals surface area contributed by atoms with Gasteiger partial charge in [0.25, 0.3) is 0 Å². The molecule has 0 aliphatic heterocycles. The number of aryl methyl sites for hydroxylation is 1. The fourth-order valence-corrected chi connectivity index (χ4v) is 3.37. The van der Waals surface area contributed by atoms with E-state index in [9.17, 15) is 9.59 Å². The van der Waals surface area contributed by atoms with Crippen LogP contribution >= 0.6 is 11.3 Å². The molecule has 3 aromatic rings. The van der Waals surface area contributed by atoms with Crippen LogP contribution in [0.1, 0.15) is 30.7 Å². The summed E-state index contributed by atoms with van der Waals surface area (Å²) >= 11 is 1.54. The van der Waals surface area contributed by atoms with Crippen molar-refractivity contribution in [3.8, 4) is 10.7 Å². The van der Waals surface area contributed by atoms with Gasteiger partial charge in [-0.3, -0.25) is 9.59 Å². The molecule has 0 spiro atoms. The van der Waals surface area contributed by atoms with Crippen molar-refractivity contribution < 1.29 is 14.1 Å². The summed E-state index contributed by atoms with van der Waals surface area (Å²) in [5, 5.41) is 11.7. The van der Waals surface area contributed by atoms with E-state index in [0.29, 0.717) is 24.7 Å². The molecule has 0 bridgehead atoms. The molecule has 8 heteroatoms. The highest BCUT2D eigenvalue weighted by molar-refractivity contribution is 7.13. The standard InChI is InChI=1S/C20H20N4O3S/c25-17(8-9-18-23-19(24-27-18)16-5-2-10-28-16)21-12-13-3-1-4-15(11-13)22-20(26)14-6-7-14/h1-5,10-11,14H,6-9,12H2,(H,21,25)(H,22,26). The van der Waals surface area contributed by atoms with Gasteiger partial charge >= 0.3 is 0 Å². The minimum Gasteiger partial charge on any atom is -0.352 e. The van der Waals surface area contributed by atoms with E-state index in [4.69, 9.17) is 4.52 Å². The Morgan fingerprint density at radius 3 is 2.89 bits per heavy atom. The zero-order chi connectivity index (χ0) is 19.3. The Bertz CT molecular complexity index is 964. The average molecular weight is 396 g/mol. The predicted molar refractivity (Wildman–Crippen MR) is 106 cm³/mol. The third-order valence-corrected chi connectivity index (χ3v) is 5.27. The summed E-state index contributed by atoms with van der Waals surface area (Å²) in [5.74, 6) is 1.14. The van der Waals surface area contributed by atoms with Crippen LogP contribution in [-0.2, 0) is 22.6 Å². The molecule has 2 aromatic heterocycles. The number of benzene rings is 1. The van der Waals surface area contributed by atoms with Crippen LogP contribution in [0.25, 0.3) is 10.7 Å². The summed E-state index contributed by atoms with van der Waals surface area (Å²) in [7, 11) is 0. The molecule has 0 atom stereocenters. The Balaban J connectivity index is 1.24. The number of carbonyl (C=O) groups excluding carboxylic acids is 2. The van der Waals surface area contributed by atoms with Gasteiger partial charge in [0.05, 0.1) is 4.88 Å². The largest absolute Gasteiger partial charge is 0.352 e. The quantitative estimate of drug-likeness (QED) is 0.608. The van der Waals surface area contributed by atoms with Crippen LogP contribution in [0.3, 0.4) is 0 Å². The molecule has 1 aliphatic rings. The van der Waals surface area contributed by atoms with E-state index in [1.807, 2.05) is 41.8 Å². The SMILES string of the molecule is O=C(CCc1nc(-c2cccs2)no1)NCc1cccc(NC(=O)C2CC2)c1. The second-order valence-corrected chi connectivity index (χ2v) is 7.68. The second-order valence-electron chi connectivity index (χ2n) is 6.73. The maximum atomic E-state index is 12.1. The fourth-order valence-electron chi connectivity index (χ4n) is 2.72. The Kier molecular flexibility index (Phi) is 5.48. The lowest BCUT2D eigenvalue weighted by Crippen LogP contribution is -2.23. The van der Waals surface area contributed by atoms with Gasteiger partial charge in [-0.05, 0) is 42.0 Å². The highest BCUT2D eigenvalue weighted by atomic mass is 32.1. The van der Waals surface area contributed by atoms with Crippen molar-refractivity contribution in [3.05, 3.63) is 53.2 Å². The molecule has 0 radical (unpaired) electrons. The normalized spacial score (nSPS) is 13.3. The smallest absolute Gasteiger partial charge is 0.227 e. The van der Waals surface area contributed by atoms with Gasteiger partial charge in [0.2, 0.25) is 23.5 Å². The summed E-state index contributed by atoms with van der Waals surface area (Å²) in [6, 6.07) is 11.4. The third kappa shape index (κ3) is 4.83. The Morgan fingerprint density at radius 1 is 1.21 bits per heavy atom. The zero-order valence-corrected chi connectivity index (χ0v) is 16.0. The number of hydrogen-bond acceptors (Lipinski definition) is 6. The molecule has 2 amide bonds. The van der Waals surface area contributed by atoms with E-state index >= 15 is 0 Å². The molecule has 0 saturated heterocycles. The molecule has 1 saturated carbocycles. The molecule has 4 rings (SSSR count). The Morgan fingerprint density at radius 2 is 2.11 bits per heavy atom. The van der Waals surface area contributed by atoms with Gasteiger partial charge in [-0.25, -0.2) is 0 Å². The molecule has 28 heavy (non-hydrogen) atoms. The molecule has 1 aliphatic carbocycles. The van der Waals surface area contributed by atoms with Gasteiger partial charge in [-0.15, -0.1) is 11.3 Å². The maximum absolute atomic E-state index is 12.1. The fraction of sp³-hybridized carbons (Fsp3) is 0.300. The topological polar surface area (TPSA) is 97.1 Å². The van der Waals surface area contributed by atoms with Crippen LogP contribution in [0.5, 0.6) is 0 Å². The van der Waals surface area contributed by atoms with Crippen LogP contribution in [0.15, 0.2) is 46.3 Å². The highest BCUT2D eigenvalue weighted by Crippen LogP contribution is 2.30. The number of carbonyl (C=O) groups is 2. The van der Waals surface area contributed by atoms with Crippen molar-refractivity contribution in [2.24, 2.45) is 5.92 Å². The first kappa shape index (κ1) is 18.4. The second kappa shape index (κ2) is 8.35. The van der Waals surface area contributed by atoms with Gasteiger partial charge in [-0.2, -0.15) is 4.98 Å². The molecule has 7 nitrogen and oxygen atoms in total. The molecule has 1 aromatic carbocycles. The van der Waals surface area contributed by atoms with Crippen molar-refractivity contribution in [1.82, 2.24) is 15.5 Å². The molecule has 2 heterocycles. The highest BCUT2D eigenvalue weighted by Gasteiger charge is 2.29. The lowest BCUT2D eigenvalue weighted by atomic mass is 10.2. The lowest BCUT2D eigenvalue weighted by molar-refractivity contribution is -0.121. The van der Waals surface area contributed by atoms with Crippen molar-refractivity contribution in [2.45, 2.75) is 32.2 Å². The Hall–Kier alpha value is -3.00. The van der Waals surface area contributed by atoms with Crippen LogP contribution < -0.4 is 10.6 Å². The molecule has 144 valence electrons. The predicted octanol–water partition coefficient (Wildman–Crippen LogP) is 3.40. The van der Waals surface area contributed by atoms with Gasteiger partial charge in [0.15, 0.2) is 0 Å². The molecule has 1 fully saturated rings. The van der Waals surface area contributed by atoms with Crippen molar-refractivity contribution in [2.75, 3.05) is 5.32 Å². The summed E-state index contributed by atoms with van der Waals surface area (Å²) in [6.45, 7) is 0.399. The number of thiophene rings is 1. The van der Waals surface area contributed by atoms with E-state index in [1.165, 1.54) is 11.3 Å². The molecular formula is C20H20N4O3S. The summed E-state index contributed by atoms with van der Waals surface area (Å²) in [4.78, 5) is 29.2. The van der Waals surface area contributed by atoms with Gasteiger partial charge in [0.1, 0.15) is 0 Å². The number of hydrogen-bond donors (Lipinski definition) is 2. The number of nitrogens with zero attached hydrogens (tertiary/aromatic N) is 2. The van der Waals surface area contributed by atoms with Gasteiger partial charge in [0, 0.05) is 31.0 Å². The number of nitrogens with one attached hydrogen (secondary N) is 2. The van der Waals surface area contributed by atoms with Gasteiger partial charge in [-0.1, -0.05) is 23.4 Å². The van der Waals surface area contributed by atoms with Crippen LogP contribution in [0, 0.1) is 5.92 Å². The van der Waals surface area contributed by atoms with Crippen molar-refractivity contribution in [1.29, 1.82) is 0 Å². The number of rotatable bonds is 8. The van der Waals surface area contributed by atoms with Crippen molar-refractivity contribution in [3.63, 3.8) is 0 Å². The molecule has 0 unspecified atom stereocenters. The van der Waals surface area contributed by atoms with Crippen LogP contribution in [-0.4, -0.2) is 22.0 Å². The van der Waals surface area contributed by atoms with Crippen molar-refractivity contribution >= 4 is 28.8 Å². The minimum absolute atomic E-state index is 0.0719. The van der Waals surface area contributed by atoms with Crippen LogP contribution in [0.2, 0.25) is 0 Å². The van der Waals surface area contributed by atoms with E-state index in [-0.39, 0.29) is 24.2 Å². The maximum Gasteiger partial charge on any atom is 0.227 e. The monoisotopic (exact) mass is 396 g/mol. The first-order chi connectivity index (χ1) is 13.7. The number of aromatic nitrogens is 2. The number of amides is 2. The first-order valence-corrected chi connectivity index (χ1v) is 10.1. The van der Waals surface area contributed by atoms with E-state index < -0.39 is 0 Å². The first-order valence-electron chi connectivity index (χ1n) is 9.20. The lowest BCUT2D eigenvalue weighted by Gasteiger charge is -2.08. The van der Waals surface area contributed by atoms with Crippen LogP contribution in [0.4, 0.5) is 5.69 Å². The number of anilines is 1. The van der Waals surface area contributed by atoms with Gasteiger partial charge < -0.3 is 15.2 Å². The zero-order valence-electron chi connectivity index (χ0n) is 15.2. The molecular weight excluding hydrogens is 376 g/mol. The van der Waals surface area contributed by atoms with E-state index in [0.717, 1.165) is 29.0 Å². The average Bonchev–Trinajstić information content (AvgIpc) is 3.21. The van der Waals surface area contributed by atoms with E-state index in [1.54, 1.807) is 0 Å². The Labute approximate surface area is 166 Å².